The molecule has 0 saturated heterocycles. The highest BCUT2D eigenvalue weighted by atomic mass is 127. The molecule has 0 aliphatic carbocycles. The van der Waals surface area contributed by atoms with E-state index in [9.17, 15) is 0 Å². The lowest BCUT2D eigenvalue weighted by molar-refractivity contribution is 0.202. The number of hydrogen-bond donors (Lipinski definition) is 0. The van der Waals surface area contributed by atoms with Crippen molar-refractivity contribution in [1.82, 2.24) is 0 Å². The number of ether oxygens (including phenoxy) is 1. The highest BCUT2D eigenvalue weighted by Gasteiger charge is 2.11. The highest BCUT2D eigenvalue weighted by Crippen LogP contribution is 2.33. The van der Waals surface area contributed by atoms with Gasteiger partial charge < -0.3 is 4.74 Å². The van der Waals surface area contributed by atoms with Crippen molar-refractivity contribution in [3.63, 3.8) is 0 Å². The first-order valence-electron chi connectivity index (χ1n) is 5.66. The Bertz CT molecular complexity index is 495. The molecule has 0 fully saturated rings. The van der Waals surface area contributed by atoms with Crippen molar-refractivity contribution >= 4 is 49.9 Å². The standard InChI is InChI=1S/C14H14BrIOS/c1-17-7-6-10-2-4-11(5-3-10)14(15)12-8-13(16)18-9-12/h2-5,8-9,14H,6-7H2,1H3. The molecule has 1 heterocycles. The predicted molar refractivity (Wildman–Crippen MR) is 89.8 cm³/mol. The summed E-state index contributed by atoms with van der Waals surface area (Å²) in [6, 6.07) is 11.0. The summed E-state index contributed by atoms with van der Waals surface area (Å²) in [6.07, 6.45) is 0.972. The zero-order valence-corrected chi connectivity index (χ0v) is 14.6. The second kappa shape index (κ2) is 7.03. The first-order valence-corrected chi connectivity index (χ1v) is 8.54. The number of thiophene rings is 1. The molecule has 96 valence electrons. The molecule has 1 nitrogen and oxygen atoms in total. The topological polar surface area (TPSA) is 9.23 Å². The molecule has 0 bridgehead atoms. The molecule has 0 spiro atoms. The quantitative estimate of drug-likeness (QED) is 0.472. The summed E-state index contributed by atoms with van der Waals surface area (Å²) in [5, 5.41) is 2.21. The molecule has 1 unspecified atom stereocenters. The Morgan fingerprint density at radius 3 is 2.56 bits per heavy atom. The third-order valence-electron chi connectivity index (χ3n) is 2.75. The highest BCUT2D eigenvalue weighted by molar-refractivity contribution is 14.1. The van der Waals surface area contributed by atoms with Gasteiger partial charge in [-0.25, -0.2) is 0 Å². The average molecular weight is 437 g/mol. The number of hydrogen-bond acceptors (Lipinski definition) is 2. The molecule has 18 heavy (non-hydrogen) atoms. The Kier molecular flexibility index (Phi) is 5.66. The minimum Gasteiger partial charge on any atom is -0.384 e. The minimum absolute atomic E-state index is 0.286. The Balaban J connectivity index is 2.09. The maximum Gasteiger partial charge on any atom is 0.0656 e. The molecular weight excluding hydrogens is 423 g/mol. The molecule has 0 N–H and O–H groups in total. The van der Waals surface area contributed by atoms with Crippen molar-refractivity contribution in [3.05, 3.63) is 55.3 Å². The Morgan fingerprint density at radius 1 is 1.28 bits per heavy atom. The summed E-state index contributed by atoms with van der Waals surface area (Å²) in [4.78, 5) is 0.286. The molecule has 1 aromatic carbocycles. The summed E-state index contributed by atoms with van der Waals surface area (Å²) in [5.41, 5.74) is 3.94. The first kappa shape index (κ1) is 14.5. The lowest BCUT2D eigenvalue weighted by atomic mass is 10.0. The van der Waals surface area contributed by atoms with Crippen LogP contribution in [0.1, 0.15) is 21.5 Å². The van der Waals surface area contributed by atoms with Crippen LogP contribution in [0.5, 0.6) is 0 Å². The number of benzene rings is 1. The van der Waals surface area contributed by atoms with Gasteiger partial charge in [-0.15, -0.1) is 11.3 Å². The predicted octanol–water partition coefficient (Wildman–Crippen LogP) is 5.03. The van der Waals surface area contributed by atoms with Crippen LogP contribution in [0.15, 0.2) is 35.7 Å². The number of methoxy groups -OCH3 is 1. The van der Waals surface area contributed by atoms with Gasteiger partial charge in [0.15, 0.2) is 0 Å². The SMILES string of the molecule is COCCc1ccc(C(Br)c2csc(I)c2)cc1. The van der Waals surface area contributed by atoms with Crippen LogP contribution in [-0.4, -0.2) is 13.7 Å². The number of halogens is 2. The van der Waals surface area contributed by atoms with Gasteiger partial charge in [0.05, 0.1) is 14.3 Å². The van der Waals surface area contributed by atoms with Gasteiger partial charge in [-0.05, 0) is 57.1 Å². The van der Waals surface area contributed by atoms with Gasteiger partial charge in [-0.1, -0.05) is 40.2 Å². The lowest BCUT2D eigenvalue weighted by Gasteiger charge is -2.09. The second-order valence-corrected chi connectivity index (χ2v) is 7.75. The second-order valence-electron chi connectivity index (χ2n) is 4.03. The third-order valence-corrected chi connectivity index (χ3v) is 5.61. The van der Waals surface area contributed by atoms with Crippen LogP contribution < -0.4 is 0 Å². The van der Waals surface area contributed by atoms with Crippen molar-refractivity contribution in [3.8, 4) is 0 Å². The first-order chi connectivity index (χ1) is 8.70. The van der Waals surface area contributed by atoms with Crippen molar-refractivity contribution in [2.45, 2.75) is 11.2 Å². The van der Waals surface area contributed by atoms with Crippen LogP contribution in [0.2, 0.25) is 0 Å². The summed E-state index contributed by atoms with van der Waals surface area (Å²) in [7, 11) is 1.74. The molecule has 0 aliphatic rings. The summed E-state index contributed by atoms with van der Waals surface area (Å²) < 4.78 is 6.41. The van der Waals surface area contributed by atoms with Crippen LogP contribution in [0.4, 0.5) is 0 Å². The van der Waals surface area contributed by atoms with E-state index in [1.54, 1.807) is 18.4 Å². The van der Waals surface area contributed by atoms with Gasteiger partial charge in [-0.2, -0.15) is 0 Å². The van der Waals surface area contributed by atoms with E-state index in [-0.39, 0.29) is 4.83 Å². The van der Waals surface area contributed by atoms with Gasteiger partial charge in [-0.3, -0.25) is 0 Å². The molecule has 4 heteroatoms. The fraction of sp³-hybridized carbons (Fsp3) is 0.286. The van der Waals surface area contributed by atoms with Crippen LogP contribution in [-0.2, 0) is 11.2 Å². The Hall–Kier alpha value is 0.0900. The fourth-order valence-electron chi connectivity index (χ4n) is 1.72. The summed E-state index contributed by atoms with van der Waals surface area (Å²) in [6.45, 7) is 0.778. The molecule has 0 radical (unpaired) electrons. The minimum atomic E-state index is 0.286. The largest absolute Gasteiger partial charge is 0.384 e. The van der Waals surface area contributed by atoms with Crippen LogP contribution in [0.25, 0.3) is 0 Å². The molecule has 0 amide bonds. The van der Waals surface area contributed by atoms with Crippen LogP contribution >= 0.6 is 49.9 Å². The summed E-state index contributed by atoms with van der Waals surface area (Å²) >= 11 is 7.90. The van der Waals surface area contributed by atoms with Crippen molar-refractivity contribution < 1.29 is 4.74 Å². The molecule has 0 aliphatic heterocycles. The van der Waals surface area contributed by atoms with Crippen LogP contribution in [0, 0.1) is 2.88 Å². The molecule has 2 aromatic rings. The maximum atomic E-state index is 5.09. The Morgan fingerprint density at radius 2 is 2.00 bits per heavy atom. The fourth-order valence-corrected chi connectivity index (χ4v) is 3.86. The third kappa shape index (κ3) is 3.79. The zero-order chi connectivity index (χ0) is 13.0. The van der Waals surface area contributed by atoms with E-state index >= 15 is 0 Å². The van der Waals surface area contributed by atoms with E-state index in [0.29, 0.717) is 0 Å². The van der Waals surface area contributed by atoms with E-state index in [0.717, 1.165) is 13.0 Å². The van der Waals surface area contributed by atoms with Gasteiger partial charge >= 0.3 is 0 Å². The maximum absolute atomic E-state index is 5.09. The molecule has 1 atom stereocenters. The smallest absolute Gasteiger partial charge is 0.0656 e. The molecule has 0 saturated carbocycles. The van der Waals surface area contributed by atoms with Crippen LogP contribution in [0.3, 0.4) is 0 Å². The van der Waals surface area contributed by atoms with E-state index in [2.05, 4.69) is 74.2 Å². The van der Waals surface area contributed by atoms with Crippen molar-refractivity contribution in [2.24, 2.45) is 0 Å². The molecular formula is C14H14BrIOS. The molecule has 2 rings (SSSR count). The normalized spacial score (nSPS) is 12.6. The number of rotatable bonds is 5. The number of alkyl halides is 1. The van der Waals surface area contributed by atoms with E-state index < -0.39 is 0 Å². The lowest BCUT2D eigenvalue weighted by Crippen LogP contribution is -1.96. The summed E-state index contributed by atoms with van der Waals surface area (Å²) in [5.74, 6) is 0. The monoisotopic (exact) mass is 436 g/mol. The zero-order valence-electron chi connectivity index (χ0n) is 10.0. The van der Waals surface area contributed by atoms with E-state index in [1.165, 1.54) is 19.6 Å². The van der Waals surface area contributed by atoms with Crippen molar-refractivity contribution in [2.75, 3.05) is 13.7 Å². The molecule has 1 aromatic heterocycles. The average Bonchev–Trinajstić information content (AvgIpc) is 2.83. The Labute approximate surface area is 134 Å². The van der Waals surface area contributed by atoms with Gasteiger partial charge in [0.1, 0.15) is 0 Å². The van der Waals surface area contributed by atoms with E-state index in [1.807, 2.05) is 0 Å². The van der Waals surface area contributed by atoms with Crippen molar-refractivity contribution in [1.29, 1.82) is 0 Å². The van der Waals surface area contributed by atoms with Gasteiger partial charge in [0, 0.05) is 7.11 Å². The van der Waals surface area contributed by atoms with Gasteiger partial charge in [0.25, 0.3) is 0 Å². The van der Waals surface area contributed by atoms with E-state index in [4.69, 9.17) is 4.74 Å². The van der Waals surface area contributed by atoms with Gasteiger partial charge in [0.2, 0.25) is 0 Å².